The summed E-state index contributed by atoms with van der Waals surface area (Å²) >= 11 is 0. The Balaban J connectivity index is 1.59. The van der Waals surface area contributed by atoms with E-state index in [4.69, 9.17) is 4.74 Å². The van der Waals surface area contributed by atoms with Gasteiger partial charge in [-0.3, -0.25) is 14.2 Å². The van der Waals surface area contributed by atoms with Gasteiger partial charge in [0.05, 0.1) is 23.0 Å². The fraction of sp³-hybridized carbons (Fsp3) is 0.250. The molecule has 0 saturated heterocycles. The van der Waals surface area contributed by atoms with E-state index in [1.54, 1.807) is 18.2 Å². The highest BCUT2D eigenvalue weighted by atomic mass is 19.3. The van der Waals surface area contributed by atoms with Crippen LogP contribution in [0.5, 0.6) is 0 Å². The van der Waals surface area contributed by atoms with Gasteiger partial charge in [0.2, 0.25) is 0 Å². The molecule has 0 spiro atoms. The van der Waals surface area contributed by atoms with Crippen molar-refractivity contribution in [2.24, 2.45) is 0 Å². The third-order valence-electron chi connectivity index (χ3n) is 4.28. The predicted molar refractivity (Wildman–Crippen MR) is 98.8 cm³/mol. The molecular weight excluding hydrogens is 406 g/mol. The average molecular weight is 423 g/mol. The molecule has 1 heterocycles. The largest absolute Gasteiger partial charge is 0.454 e. The molecule has 1 unspecified atom stereocenters. The summed E-state index contributed by atoms with van der Waals surface area (Å²) in [7, 11) is 0. The SMILES string of the molecule is CC(OC(=O)CCNC(=O)c1ccc(F)cc1F)c1nc2ccccc2n1C(F)F. The zero-order valence-electron chi connectivity index (χ0n) is 15.7. The van der Waals surface area contributed by atoms with Gasteiger partial charge in [-0.25, -0.2) is 13.8 Å². The third-order valence-corrected chi connectivity index (χ3v) is 4.28. The average Bonchev–Trinajstić information content (AvgIpc) is 3.07. The number of aromatic nitrogens is 2. The summed E-state index contributed by atoms with van der Waals surface area (Å²) in [4.78, 5) is 28.0. The molecule has 3 rings (SSSR count). The van der Waals surface area contributed by atoms with Gasteiger partial charge in [-0.05, 0) is 31.2 Å². The molecule has 1 N–H and O–H groups in total. The zero-order valence-corrected chi connectivity index (χ0v) is 15.7. The topological polar surface area (TPSA) is 73.2 Å². The summed E-state index contributed by atoms with van der Waals surface area (Å²) in [5.41, 5.74) is 0.173. The van der Waals surface area contributed by atoms with Gasteiger partial charge < -0.3 is 10.1 Å². The van der Waals surface area contributed by atoms with Crippen molar-refractivity contribution in [1.82, 2.24) is 14.9 Å². The van der Waals surface area contributed by atoms with Gasteiger partial charge in [0, 0.05) is 12.6 Å². The lowest BCUT2D eigenvalue weighted by Gasteiger charge is -2.15. The summed E-state index contributed by atoms with van der Waals surface area (Å²) in [6, 6.07) is 8.78. The maximum Gasteiger partial charge on any atom is 0.320 e. The number of carbonyl (C=O) groups excluding carboxylic acids is 2. The monoisotopic (exact) mass is 423 g/mol. The van der Waals surface area contributed by atoms with Crippen LogP contribution in [0.25, 0.3) is 11.0 Å². The van der Waals surface area contributed by atoms with E-state index in [9.17, 15) is 27.2 Å². The Labute approximate surface area is 168 Å². The molecule has 10 heteroatoms. The van der Waals surface area contributed by atoms with Crippen LogP contribution in [-0.4, -0.2) is 28.0 Å². The summed E-state index contributed by atoms with van der Waals surface area (Å²) in [5, 5.41) is 2.31. The van der Waals surface area contributed by atoms with Crippen molar-refractivity contribution < 1.29 is 31.9 Å². The first-order valence-electron chi connectivity index (χ1n) is 8.95. The molecule has 0 fully saturated rings. The minimum atomic E-state index is -2.88. The quantitative estimate of drug-likeness (QED) is 0.458. The predicted octanol–water partition coefficient (Wildman–Crippen LogP) is 4.13. The van der Waals surface area contributed by atoms with Crippen molar-refractivity contribution in [1.29, 1.82) is 0 Å². The number of fused-ring (bicyclic) bond motifs is 1. The Hall–Kier alpha value is -3.43. The molecule has 0 bridgehead atoms. The van der Waals surface area contributed by atoms with E-state index >= 15 is 0 Å². The maximum atomic E-state index is 13.6. The molecule has 3 aromatic rings. The third kappa shape index (κ3) is 4.58. The zero-order chi connectivity index (χ0) is 21.8. The number of nitrogens with one attached hydrogen (secondary N) is 1. The van der Waals surface area contributed by atoms with E-state index in [1.807, 2.05) is 0 Å². The number of hydrogen-bond donors (Lipinski definition) is 1. The molecule has 0 saturated carbocycles. The van der Waals surface area contributed by atoms with E-state index in [1.165, 1.54) is 13.0 Å². The van der Waals surface area contributed by atoms with Gasteiger partial charge in [0.1, 0.15) is 11.6 Å². The smallest absolute Gasteiger partial charge is 0.320 e. The van der Waals surface area contributed by atoms with Crippen LogP contribution < -0.4 is 5.32 Å². The maximum absolute atomic E-state index is 13.6. The molecule has 6 nitrogen and oxygen atoms in total. The number of ether oxygens (including phenoxy) is 1. The number of amides is 1. The van der Waals surface area contributed by atoms with Crippen LogP contribution in [0.1, 0.15) is 42.2 Å². The lowest BCUT2D eigenvalue weighted by molar-refractivity contribution is -0.149. The van der Waals surface area contributed by atoms with Gasteiger partial charge in [-0.1, -0.05) is 12.1 Å². The number of hydrogen-bond acceptors (Lipinski definition) is 4. The van der Waals surface area contributed by atoms with Crippen molar-refractivity contribution in [2.45, 2.75) is 26.0 Å². The Morgan fingerprint density at radius 2 is 1.90 bits per heavy atom. The highest BCUT2D eigenvalue weighted by Crippen LogP contribution is 2.28. The van der Waals surface area contributed by atoms with E-state index in [0.717, 1.165) is 12.1 Å². The number of halogens is 4. The second-order valence-corrected chi connectivity index (χ2v) is 6.37. The summed E-state index contributed by atoms with van der Waals surface area (Å²) in [6.45, 7) is -1.66. The van der Waals surface area contributed by atoms with Crippen LogP contribution in [-0.2, 0) is 9.53 Å². The normalized spacial score (nSPS) is 12.2. The highest BCUT2D eigenvalue weighted by Gasteiger charge is 2.24. The number of nitrogens with zero attached hydrogens (tertiary/aromatic N) is 2. The number of esters is 1. The number of alkyl halides is 2. The van der Waals surface area contributed by atoms with Gasteiger partial charge in [-0.2, -0.15) is 8.78 Å². The lowest BCUT2D eigenvalue weighted by atomic mass is 10.2. The van der Waals surface area contributed by atoms with Crippen molar-refractivity contribution in [3.63, 3.8) is 0 Å². The summed E-state index contributed by atoms with van der Waals surface area (Å²) in [6.07, 6.45) is -1.35. The molecule has 0 radical (unpaired) electrons. The van der Waals surface area contributed by atoms with Crippen molar-refractivity contribution in [3.05, 3.63) is 65.5 Å². The Kier molecular flexibility index (Phi) is 6.34. The van der Waals surface area contributed by atoms with Gasteiger partial charge in [-0.15, -0.1) is 0 Å². The first-order valence-corrected chi connectivity index (χ1v) is 8.95. The molecule has 158 valence electrons. The number of para-hydroxylation sites is 2. The Morgan fingerprint density at radius 3 is 2.60 bits per heavy atom. The highest BCUT2D eigenvalue weighted by molar-refractivity contribution is 5.94. The molecule has 1 atom stereocenters. The Morgan fingerprint density at radius 1 is 1.17 bits per heavy atom. The minimum absolute atomic E-state index is 0.114. The molecule has 1 amide bonds. The minimum Gasteiger partial charge on any atom is -0.454 e. The molecular formula is C20H17F4N3O3. The summed E-state index contributed by atoms with van der Waals surface area (Å²) in [5.74, 6) is -3.56. The molecule has 0 aliphatic carbocycles. The standard InChI is InChI=1S/C20H17F4N3O3/c1-11(18-26-15-4-2-3-5-16(15)27(18)20(23)24)30-17(28)8-9-25-19(29)13-7-6-12(21)10-14(13)22/h2-7,10-11,20H,8-9H2,1H3,(H,25,29). The second-order valence-electron chi connectivity index (χ2n) is 6.37. The van der Waals surface area contributed by atoms with E-state index in [0.29, 0.717) is 16.2 Å². The first-order chi connectivity index (χ1) is 14.3. The van der Waals surface area contributed by atoms with Crippen LogP contribution in [0, 0.1) is 11.6 Å². The molecule has 0 aliphatic heterocycles. The van der Waals surface area contributed by atoms with Gasteiger partial charge in [0.15, 0.2) is 11.9 Å². The molecule has 2 aromatic carbocycles. The number of rotatable bonds is 7. The molecule has 30 heavy (non-hydrogen) atoms. The first kappa shape index (κ1) is 21.3. The number of imidazole rings is 1. The van der Waals surface area contributed by atoms with Gasteiger partial charge >= 0.3 is 12.5 Å². The number of carbonyl (C=O) groups is 2. The van der Waals surface area contributed by atoms with Gasteiger partial charge in [0.25, 0.3) is 5.91 Å². The van der Waals surface area contributed by atoms with Crippen molar-refractivity contribution in [3.8, 4) is 0 Å². The number of benzene rings is 2. The fourth-order valence-electron chi connectivity index (χ4n) is 2.91. The Bertz CT molecular complexity index is 1080. The summed E-state index contributed by atoms with van der Waals surface area (Å²) < 4.78 is 59.3. The van der Waals surface area contributed by atoms with E-state index in [2.05, 4.69) is 10.3 Å². The van der Waals surface area contributed by atoms with E-state index in [-0.39, 0.29) is 29.9 Å². The fourth-order valence-corrected chi connectivity index (χ4v) is 2.91. The van der Waals surface area contributed by atoms with Crippen molar-refractivity contribution >= 4 is 22.9 Å². The van der Waals surface area contributed by atoms with Crippen LogP contribution in [0.4, 0.5) is 17.6 Å². The lowest BCUT2D eigenvalue weighted by Crippen LogP contribution is -2.27. The van der Waals surface area contributed by atoms with Crippen LogP contribution in [0.15, 0.2) is 42.5 Å². The van der Waals surface area contributed by atoms with Crippen LogP contribution in [0.2, 0.25) is 0 Å². The van der Waals surface area contributed by atoms with Crippen LogP contribution in [0.3, 0.4) is 0 Å². The second kappa shape index (κ2) is 8.93. The van der Waals surface area contributed by atoms with E-state index < -0.39 is 36.2 Å². The van der Waals surface area contributed by atoms with Crippen molar-refractivity contribution in [2.75, 3.05) is 6.54 Å². The molecule has 0 aliphatic rings. The molecule has 1 aromatic heterocycles. The van der Waals surface area contributed by atoms with Crippen LogP contribution >= 0.6 is 0 Å².